The highest BCUT2D eigenvalue weighted by atomic mass is 16.6. The Morgan fingerprint density at radius 3 is 2.20 bits per heavy atom. The van der Waals surface area contributed by atoms with Crippen LogP contribution in [0.15, 0.2) is 54.6 Å². The molecule has 2 atom stereocenters. The summed E-state index contributed by atoms with van der Waals surface area (Å²) in [5.41, 5.74) is 0.714. The van der Waals surface area contributed by atoms with E-state index in [4.69, 9.17) is 14.2 Å². The first-order valence-corrected chi connectivity index (χ1v) is 13.9. The van der Waals surface area contributed by atoms with Gasteiger partial charge < -0.3 is 30.2 Å². The summed E-state index contributed by atoms with van der Waals surface area (Å²) in [6, 6.07) is 15.3. The molecular weight excluding hydrogens is 526 g/mol. The van der Waals surface area contributed by atoms with Crippen LogP contribution in [0.5, 0.6) is 5.75 Å². The number of ether oxygens (including phenoxy) is 3. The standard InChI is InChI=1S/C31H41N3O7/c1-30(2)18-24(19-31(3,20-30)21-33-28(37)40-17-16-39-26(35)14-15-32-4)34-29(38)41-25-12-10-23(11-13-25)27(36)22-8-6-5-7-9-22/h5-13,24,32H,14-21H2,1-4H3,(H,33,37)(H,34,38). The lowest BCUT2D eigenvalue weighted by molar-refractivity contribution is -0.144. The van der Waals surface area contributed by atoms with Crippen LogP contribution in [-0.2, 0) is 14.3 Å². The lowest BCUT2D eigenvalue weighted by Gasteiger charge is -2.46. The molecule has 0 saturated heterocycles. The van der Waals surface area contributed by atoms with E-state index in [1.807, 2.05) is 18.2 Å². The van der Waals surface area contributed by atoms with E-state index >= 15 is 0 Å². The van der Waals surface area contributed by atoms with Crippen LogP contribution in [0.4, 0.5) is 9.59 Å². The number of ketones is 1. The molecule has 0 aliphatic heterocycles. The Hall–Kier alpha value is -3.92. The molecule has 10 nitrogen and oxygen atoms in total. The molecule has 41 heavy (non-hydrogen) atoms. The van der Waals surface area contributed by atoms with Crippen molar-refractivity contribution in [3.8, 4) is 5.75 Å². The average Bonchev–Trinajstić information content (AvgIpc) is 2.92. The van der Waals surface area contributed by atoms with Crippen molar-refractivity contribution >= 4 is 23.9 Å². The van der Waals surface area contributed by atoms with Crippen LogP contribution in [0, 0.1) is 10.8 Å². The van der Waals surface area contributed by atoms with Gasteiger partial charge in [-0.15, -0.1) is 0 Å². The van der Waals surface area contributed by atoms with Gasteiger partial charge in [0.1, 0.15) is 19.0 Å². The molecule has 2 aromatic rings. The lowest BCUT2D eigenvalue weighted by atomic mass is 9.62. The SMILES string of the molecule is CNCCC(=O)OCCOC(=O)NCC1(C)CC(NC(=O)Oc2ccc(C(=O)c3ccccc3)cc2)CC(C)(C)C1. The zero-order valence-corrected chi connectivity index (χ0v) is 24.3. The van der Waals surface area contributed by atoms with Gasteiger partial charge in [0.15, 0.2) is 5.78 Å². The summed E-state index contributed by atoms with van der Waals surface area (Å²) in [7, 11) is 1.75. The second kappa shape index (κ2) is 14.6. The molecule has 222 valence electrons. The minimum atomic E-state index is -0.584. The zero-order valence-electron chi connectivity index (χ0n) is 24.3. The predicted molar refractivity (Wildman–Crippen MR) is 154 cm³/mol. The number of nitrogens with one attached hydrogen (secondary N) is 3. The van der Waals surface area contributed by atoms with Crippen LogP contribution in [0.3, 0.4) is 0 Å². The number of carbonyl (C=O) groups excluding carboxylic acids is 4. The monoisotopic (exact) mass is 567 g/mol. The molecule has 0 heterocycles. The lowest BCUT2D eigenvalue weighted by Crippen LogP contribution is -2.51. The number of hydrogen-bond acceptors (Lipinski definition) is 8. The topological polar surface area (TPSA) is 132 Å². The molecule has 3 N–H and O–H groups in total. The molecular formula is C31H41N3O7. The third kappa shape index (κ3) is 10.5. The number of rotatable bonds is 12. The Morgan fingerprint density at radius 2 is 1.51 bits per heavy atom. The van der Waals surface area contributed by atoms with E-state index in [0.717, 1.165) is 12.8 Å². The summed E-state index contributed by atoms with van der Waals surface area (Å²) < 4.78 is 15.6. The predicted octanol–water partition coefficient (Wildman–Crippen LogP) is 4.47. The maximum atomic E-state index is 12.7. The highest BCUT2D eigenvalue weighted by molar-refractivity contribution is 6.09. The molecule has 1 aliphatic rings. The maximum Gasteiger partial charge on any atom is 0.412 e. The van der Waals surface area contributed by atoms with Gasteiger partial charge in [-0.25, -0.2) is 9.59 Å². The van der Waals surface area contributed by atoms with Crippen LogP contribution in [0.1, 0.15) is 62.4 Å². The number of carbonyl (C=O) groups is 4. The highest BCUT2D eigenvalue weighted by Gasteiger charge is 2.42. The number of esters is 1. The molecule has 1 saturated carbocycles. The Bertz CT molecular complexity index is 1180. The van der Waals surface area contributed by atoms with E-state index in [1.165, 1.54) is 0 Å². The third-order valence-electron chi connectivity index (χ3n) is 6.95. The maximum absolute atomic E-state index is 12.7. The Kier molecular flexibility index (Phi) is 11.3. The number of benzene rings is 2. The molecule has 1 aliphatic carbocycles. The van der Waals surface area contributed by atoms with E-state index in [1.54, 1.807) is 43.4 Å². The van der Waals surface area contributed by atoms with Gasteiger partial charge in [-0.3, -0.25) is 9.59 Å². The van der Waals surface area contributed by atoms with E-state index in [0.29, 0.717) is 36.4 Å². The van der Waals surface area contributed by atoms with Crippen molar-refractivity contribution in [1.82, 2.24) is 16.0 Å². The Morgan fingerprint density at radius 1 is 0.854 bits per heavy atom. The third-order valence-corrected chi connectivity index (χ3v) is 6.95. The number of hydrogen-bond donors (Lipinski definition) is 3. The molecule has 1 fully saturated rings. The minimum Gasteiger partial charge on any atom is -0.462 e. The van der Waals surface area contributed by atoms with Crippen molar-refractivity contribution in [2.75, 3.05) is 33.4 Å². The second-order valence-electron chi connectivity index (χ2n) is 11.6. The molecule has 0 bridgehead atoms. The molecule has 3 rings (SSSR count). The normalized spacial score (nSPS) is 19.5. The summed E-state index contributed by atoms with van der Waals surface area (Å²) >= 11 is 0. The van der Waals surface area contributed by atoms with Gasteiger partial charge in [-0.05, 0) is 61.4 Å². The van der Waals surface area contributed by atoms with E-state index < -0.39 is 12.2 Å². The zero-order chi connectivity index (χ0) is 29.9. The second-order valence-corrected chi connectivity index (χ2v) is 11.6. The van der Waals surface area contributed by atoms with E-state index in [-0.39, 0.29) is 48.3 Å². The van der Waals surface area contributed by atoms with Gasteiger partial charge in [-0.2, -0.15) is 0 Å². The largest absolute Gasteiger partial charge is 0.462 e. The molecule has 2 aromatic carbocycles. The number of amides is 2. The van der Waals surface area contributed by atoms with Crippen molar-refractivity contribution in [2.24, 2.45) is 10.8 Å². The fraction of sp³-hybridized carbons (Fsp3) is 0.484. The first-order valence-electron chi connectivity index (χ1n) is 13.9. The first kappa shape index (κ1) is 31.6. The van der Waals surface area contributed by atoms with Crippen molar-refractivity contribution in [2.45, 2.75) is 52.5 Å². The molecule has 0 aromatic heterocycles. The first-order chi connectivity index (χ1) is 19.5. The van der Waals surface area contributed by atoms with Crippen LogP contribution in [-0.4, -0.2) is 63.3 Å². The highest BCUT2D eigenvalue weighted by Crippen LogP contribution is 2.45. The van der Waals surface area contributed by atoms with Crippen molar-refractivity contribution in [3.05, 3.63) is 65.7 Å². The van der Waals surface area contributed by atoms with Gasteiger partial charge in [0, 0.05) is 30.3 Å². The van der Waals surface area contributed by atoms with Crippen LogP contribution in [0.2, 0.25) is 0 Å². The van der Waals surface area contributed by atoms with Crippen LogP contribution < -0.4 is 20.7 Å². The van der Waals surface area contributed by atoms with Gasteiger partial charge in [0.25, 0.3) is 0 Å². The molecule has 2 unspecified atom stereocenters. The van der Waals surface area contributed by atoms with Crippen LogP contribution in [0.25, 0.3) is 0 Å². The Labute approximate surface area is 241 Å². The fourth-order valence-corrected chi connectivity index (χ4v) is 5.53. The smallest absolute Gasteiger partial charge is 0.412 e. The van der Waals surface area contributed by atoms with Crippen molar-refractivity contribution in [3.63, 3.8) is 0 Å². The molecule has 2 amide bonds. The van der Waals surface area contributed by atoms with E-state index in [9.17, 15) is 19.2 Å². The van der Waals surface area contributed by atoms with Crippen molar-refractivity contribution < 1.29 is 33.4 Å². The summed E-state index contributed by atoms with van der Waals surface area (Å²) in [5, 5.41) is 8.64. The quantitative estimate of drug-likeness (QED) is 0.194. The summed E-state index contributed by atoms with van der Waals surface area (Å²) in [6.45, 7) is 7.19. The number of alkyl carbamates (subject to hydrolysis) is 1. The van der Waals surface area contributed by atoms with Gasteiger partial charge in [-0.1, -0.05) is 51.1 Å². The van der Waals surface area contributed by atoms with Gasteiger partial charge in [0.05, 0.1) is 6.42 Å². The van der Waals surface area contributed by atoms with Gasteiger partial charge >= 0.3 is 18.2 Å². The molecule has 10 heteroatoms. The molecule has 0 radical (unpaired) electrons. The van der Waals surface area contributed by atoms with Gasteiger partial charge in [0.2, 0.25) is 0 Å². The van der Waals surface area contributed by atoms with E-state index in [2.05, 4.69) is 36.7 Å². The van der Waals surface area contributed by atoms with Crippen LogP contribution >= 0.6 is 0 Å². The molecule has 0 spiro atoms. The minimum absolute atomic E-state index is 0.000430. The summed E-state index contributed by atoms with van der Waals surface area (Å²) in [4.78, 5) is 49.1. The summed E-state index contributed by atoms with van der Waals surface area (Å²) in [5.74, 6) is -0.124. The summed E-state index contributed by atoms with van der Waals surface area (Å²) in [6.07, 6.45) is 1.33. The van der Waals surface area contributed by atoms with Crippen molar-refractivity contribution in [1.29, 1.82) is 0 Å². The fourth-order valence-electron chi connectivity index (χ4n) is 5.53. The average molecular weight is 568 g/mol. The Balaban J connectivity index is 1.46.